The van der Waals surface area contributed by atoms with Crippen molar-refractivity contribution in [2.24, 2.45) is 0 Å². The second-order valence-corrected chi connectivity index (χ2v) is 4.88. The molecule has 2 N–H and O–H groups in total. The molecule has 0 fully saturated rings. The Bertz CT molecular complexity index is 573. The molecule has 104 valence electrons. The number of carbonyl (C=O) groups is 1. The average molecular weight is 269 g/mol. The Labute approximate surface area is 119 Å². The molecular formula is C17H19NO2. The number of aryl methyl sites for hydroxylation is 2. The molecule has 0 radical (unpaired) electrons. The number of hydrogen-bond acceptors (Lipinski definition) is 2. The van der Waals surface area contributed by atoms with Crippen molar-refractivity contribution in [1.82, 2.24) is 0 Å². The molecule has 0 aromatic heterocycles. The van der Waals surface area contributed by atoms with Gasteiger partial charge in [-0.15, -0.1) is 0 Å². The van der Waals surface area contributed by atoms with Gasteiger partial charge in [0.05, 0.1) is 0 Å². The molecule has 20 heavy (non-hydrogen) atoms. The van der Waals surface area contributed by atoms with Crippen LogP contribution in [0.4, 0.5) is 5.69 Å². The summed E-state index contributed by atoms with van der Waals surface area (Å²) >= 11 is 0. The van der Waals surface area contributed by atoms with E-state index in [4.69, 9.17) is 0 Å². The summed E-state index contributed by atoms with van der Waals surface area (Å²) in [6.45, 7) is 4.07. The number of hydrogen-bond donors (Lipinski definition) is 2. The maximum Gasteiger partial charge on any atom is 0.330 e. The van der Waals surface area contributed by atoms with Gasteiger partial charge in [0, 0.05) is 5.69 Å². The van der Waals surface area contributed by atoms with Gasteiger partial charge in [-0.05, 0) is 36.6 Å². The van der Waals surface area contributed by atoms with Crippen LogP contribution in [-0.2, 0) is 11.2 Å². The fourth-order valence-electron chi connectivity index (χ4n) is 2.05. The Morgan fingerprint density at radius 3 is 2.20 bits per heavy atom. The summed E-state index contributed by atoms with van der Waals surface area (Å²) in [5.74, 6) is -0.881. The van der Waals surface area contributed by atoms with Crippen molar-refractivity contribution in [3.05, 3.63) is 65.2 Å². The third-order valence-electron chi connectivity index (χ3n) is 3.33. The summed E-state index contributed by atoms with van der Waals surface area (Å²) in [6, 6.07) is 14.7. The Morgan fingerprint density at radius 1 is 1.10 bits per heavy atom. The predicted molar refractivity (Wildman–Crippen MR) is 81.0 cm³/mol. The summed E-state index contributed by atoms with van der Waals surface area (Å²) in [5.41, 5.74) is 3.92. The topological polar surface area (TPSA) is 49.3 Å². The Hall–Kier alpha value is -2.29. The number of nitrogens with one attached hydrogen (secondary N) is 1. The number of rotatable bonds is 5. The molecule has 0 amide bonds. The standard InChI is InChI=1S/C17H19NO2/c1-3-13-6-10-15(11-7-13)18-16(17(19)20)14-8-4-12(2)5-9-14/h4-11,16,18H,3H2,1-2H3,(H,19,20). The zero-order chi connectivity index (χ0) is 14.5. The smallest absolute Gasteiger partial charge is 0.330 e. The normalized spacial score (nSPS) is 11.9. The highest BCUT2D eigenvalue weighted by molar-refractivity contribution is 5.79. The van der Waals surface area contributed by atoms with Crippen LogP contribution >= 0.6 is 0 Å². The van der Waals surface area contributed by atoms with Crippen LogP contribution in [0.1, 0.15) is 29.7 Å². The second kappa shape index (κ2) is 6.24. The van der Waals surface area contributed by atoms with E-state index in [9.17, 15) is 9.90 Å². The van der Waals surface area contributed by atoms with Gasteiger partial charge in [-0.1, -0.05) is 48.9 Å². The Morgan fingerprint density at radius 2 is 1.70 bits per heavy atom. The highest BCUT2D eigenvalue weighted by atomic mass is 16.4. The molecule has 3 nitrogen and oxygen atoms in total. The van der Waals surface area contributed by atoms with Crippen molar-refractivity contribution in [1.29, 1.82) is 0 Å². The first-order valence-electron chi connectivity index (χ1n) is 6.75. The van der Waals surface area contributed by atoms with Crippen molar-refractivity contribution in [2.75, 3.05) is 5.32 Å². The first-order chi connectivity index (χ1) is 9.60. The monoisotopic (exact) mass is 269 g/mol. The van der Waals surface area contributed by atoms with Crippen LogP contribution in [0, 0.1) is 6.92 Å². The number of carboxylic acid groups (broad SMARTS) is 1. The molecule has 2 aromatic carbocycles. The van der Waals surface area contributed by atoms with Gasteiger partial charge in [-0.2, -0.15) is 0 Å². The molecule has 0 saturated carbocycles. The number of aliphatic carboxylic acids is 1. The van der Waals surface area contributed by atoms with Crippen LogP contribution in [0.5, 0.6) is 0 Å². The van der Waals surface area contributed by atoms with Gasteiger partial charge in [-0.25, -0.2) is 4.79 Å². The Balaban J connectivity index is 2.20. The van der Waals surface area contributed by atoms with Crippen LogP contribution in [-0.4, -0.2) is 11.1 Å². The summed E-state index contributed by atoms with van der Waals surface area (Å²) in [7, 11) is 0. The highest BCUT2D eigenvalue weighted by Crippen LogP contribution is 2.21. The maximum absolute atomic E-state index is 11.4. The number of benzene rings is 2. The van der Waals surface area contributed by atoms with Crippen LogP contribution in [0.3, 0.4) is 0 Å². The first-order valence-corrected chi connectivity index (χ1v) is 6.75. The minimum atomic E-state index is -0.881. The molecule has 3 heteroatoms. The van der Waals surface area contributed by atoms with Gasteiger partial charge in [0.1, 0.15) is 0 Å². The van der Waals surface area contributed by atoms with Crippen LogP contribution < -0.4 is 5.32 Å². The third-order valence-corrected chi connectivity index (χ3v) is 3.33. The predicted octanol–water partition coefficient (Wildman–Crippen LogP) is 3.80. The van der Waals surface area contributed by atoms with Crippen molar-refractivity contribution < 1.29 is 9.90 Å². The molecule has 0 bridgehead atoms. The van der Waals surface area contributed by atoms with Gasteiger partial charge in [0.2, 0.25) is 0 Å². The summed E-state index contributed by atoms with van der Waals surface area (Å²) < 4.78 is 0. The Kier molecular flexibility index (Phi) is 4.41. The fraction of sp³-hybridized carbons (Fsp3) is 0.235. The van der Waals surface area contributed by atoms with Gasteiger partial charge in [0.25, 0.3) is 0 Å². The zero-order valence-corrected chi connectivity index (χ0v) is 11.8. The van der Waals surface area contributed by atoms with E-state index in [0.717, 1.165) is 23.2 Å². The SMILES string of the molecule is CCc1ccc(NC(C(=O)O)c2ccc(C)cc2)cc1. The first kappa shape index (κ1) is 14.1. The van der Waals surface area contributed by atoms with E-state index in [1.54, 1.807) is 0 Å². The van der Waals surface area contributed by atoms with Crippen LogP contribution in [0.15, 0.2) is 48.5 Å². The number of anilines is 1. The van der Waals surface area contributed by atoms with E-state index in [2.05, 4.69) is 12.2 Å². The minimum absolute atomic E-state index is 0.733. The summed E-state index contributed by atoms with van der Waals surface area (Å²) in [4.78, 5) is 11.4. The lowest BCUT2D eigenvalue weighted by Gasteiger charge is -2.16. The molecule has 1 unspecified atom stereocenters. The van der Waals surface area contributed by atoms with Crippen LogP contribution in [0.2, 0.25) is 0 Å². The summed E-state index contributed by atoms with van der Waals surface area (Å²) in [6.07, 6.45) is 0.973. The van der Waals surface area contributed by atoms with E-state index in [1.165, 1.54) is 5.56 Å². The number of carboxylic acids is 1. The maximum atomic E-state index is 11.4. The van der Waals surface area contributed by atoms with Crippen LogP contribution in [0.25, 0.3) is 0 Å². The molecule has 0 spiro atoms. The highest BCUT2D eigenvalue weighted by Gasteiger charge is 2.19. The van der Waals surface area contributed by atoms with E-state index in [0.29, 0.717) is 0 Å². The van der Waals surface area contributed by atoms with E-state index >= 15 is 0 Å². The lowest BCUT2D eigenvalue weighted by molar-refractivity contribution is -0.138. The molecular weight excluding hydrogens is 250 g/mol. The molecule has 2 rings (SSSR count). The average Bonchev–Trinajstić information content (AvgIpc) is 2.46. The van der Waals surface area contributed by atoms with Crippen molar-refractivity contribution in [2.45, 2.75) is 26.3 Å². The lowest BCUT2D eigenvalue weighted by Crippen LogP contribution is -2.20. The minimum Gasteiger partial charge on any atom is -0.479 e. The third kappa shape index (κ3) is 3.38. The van der Waals surface area contributed by atoms with Crippen molar-refractivity contribution >= 4 is 11.7 Å². The van der Waals surface area contributed by atoms with Gasteiger partial charge >= 0.3 is 5.97 Å². The van der Waals surface area contributed by atoms with E-state index in [-0.39, 0.29) is 0 Å². The van der Waals surface area contributed by atoms with Crippen molar-refractivity contribution in [3.63, 3.8) is 0 Å². The van der Waals surface area contributed by atoms with Crippen molar-refractivity contribution in [3.8, 4) is 0 Å². The molecule has 0 saturated heterocycles. The zero-order valence-electron chi connectivity index (χ0n) is 11.8. The largest absolute Gasteiger partial charge is 0.479 e. The molecule has 0 aliphatic carbocycles. The second-order valence-electron chi connectivity index (χ2n) is 4.88. The summed E-state index contributed by atoms with van der Waals surface area (Å²) in [5, 5.41) is 12.5. The van der Waals surface area contributed by atoms with Gasteiger partial charge in [-0.3, -0.25) is 0 Å². The molecule has 0 aliphatic heterocycles. The van der Waals surface area contributed by atoms with Gasteiger partial charge in [0.15, 0.2) is 6.04 Å². The quantitative estimate of drug-likeness (QED) is 0.868. The van der Waals surface area contributed by atoms with E-state index < -0.39 is 12.0 Å². The molecule has 0 heterocycles. The van der Waals surface area contributed by atoms with E-state index in [1.807, 2.05) is 55.5 Å². The molecule has 0 aliphatic rings. The van der Waals surface area contributed by atoms with Gasteiger partial charge < -0.3 is 10.4 Å². The fourth-order valence-corrected chi connectivity index (χ4v) is 2.05. The molecule has 2 aromatic rings. The molecule has 1 atom stereocenters. The lowest BCUT2D eigenvalue weighted by atomic mass is 10.0.